The molecule has 4 rings (SSSR count). The van der Waals surface area contributed by atoms with E-state index in [0.717, 1.165) is 23.7 Å². The number of thiazole rings is 1. The van der Waals surface area contributed by atoms with E-state index in [1.807, 2.05) is 0 Å². The van der Waals surface area contributed by atoms with Crippen LogP contribution in [0.25, 0.3) is 0 Å². The molecule has 0 spiro atoms. The van der Waals surface area contributed by atoms with Crippen molar-refractivity contribution in [3.05, 3.63) is 52.5 Å². The highest BCUT2D eigenvalue weighted by molar-refractivity contribution is 7.10. The van der Waals surface area contributed by atoms with Crippen LogP contribution < -0.4 is 19.9 Å². The molecule has 3 aromatic rings. The van der Waals surface area contributed by atoms with Crippen LogP contribution in [-0.2, 0) is 9.53 Å². The number of carbonyl (C=O) groups is 3. The fourth-order valence-electron chi connectivity index (χ4n) is 3.88. The Bertz CT molecular complexity index is 1450. The van der Waals surface area contributed by atoms with E-state index in [2.05, 4.69) is 26.2 Å². The molecule has 1 N–H and O–H groups in total. The Hall–Kier alpha value is -4.57. The first kappa shape index (κ1) is 27.5. The topological polar surface area (TPSA) is 127 Å². The average Bonchev–Trinajstić information content (AvgIpc) is 3.51. The van der Waals surface area contributed by atoms with Gasteiger partial charge in [-0.25, -0.2) is 24.1 Å². The Labute approximate surface area is 228 Å². The van der Waals surface area contributed by atoms with Gasteiger partial charge in [0.2, 0.25) is 5.95 Å². The number of hydrogen-bond acceptors (Lipinski definition) is 9. The lowest BCUT2D eigenvalue weighted by atomic mass is 10.1. The summed E-state index contributed by atoms with van der Waals surface area (Å²) in [4.78, 5) is 54.4. The SMILES string of the molecule is C#Cc1nc(C(=O)N(c2cc(NC(=O)OC(C)(C)C)cc(OC)c2)C2CCN(c3ncc(F)cn3)C2=O)cs1. The molecule has 202 valence electrons. The van der Waals surface area contributed by atoms with Gasteiger partial charge in [0.05, 0.1) is 25.2 Å². The minimum absolute atomic E-state index is 0.0116. The monoisotopic (exact) mass is 552 g/mol. The van der Waals surface area contributed by atoms with Gasteiger partial charge in [-0.05, 0) is 39.2 Å². The highest BCUT2D eigenvalue weighted by Crippen LogP contribution is 2.33. The molecule has 1 aliphatic heterocycles. The number of amides is 3. The molecule has 0 radical (unpaired) electrons. The molecule has 0 bridgehead atoms. The van der Waals surface area contributed by atoms with Crippen molar-refractivity contribution in [1.82, 2.24) is 15.0 Å². The second kappa shape index (κ2) is 11.0. The van der Waals surface area contributed by atoms with E-state index in [4.69, 9.17) is 15.9 Å². The van der Waals surface area contributed by atoms with Crippen LogP contribution in [0.2, 0.25) is 0 Å². The highest BCUT2D eigenvalue weighted by atomic mass is 32.1. The fraction of sp³-hybridized carbons (Fsp3) is 0.308. The molecule has 11 nitrogen and oxygen atoms in total. The Balaban J connectivity index is 1.74. The number of nitrogens with zero attached hydrogens (tertiary/aromatic N) is 5. The number of rotatable bonds is 6. The van der Waals surface area contributed by atoms with Gasteiger partial charge in [0.1, 0.15) is 23.1 Å². The van der Waals surface area contributed by atoms with Gasteiger partial charge in [-0.15, -0.1) is 17.8 Å². The number of anilines is 3. The molecular weight excluding hydrogens is 527 g/mol. The molecule has 1 aromatic carbocycles. The van der Waals surface area contributed by atoms with Crippen LogP contribution in [0, 0.1) is 18.2 Å². The molecule has 2 aromatic heterocycles. The van der Waals surface area contributed by atoms with Crippen molar-refractivity contribution in [2.45, 2.75) is 38.8 Å². The first-order valence-corrected chi connectivity index (χ1v) is 12.6. The van der Waals surface area contributed by atoms with E-state index in [1.165, 1.54) is 28.4 Å². The zero-order chi connectivity index (χ0) is 28.3. The van der Waals surface area contributed by atoms with Crippen molar-refractivity contribution in [3.8, 4) is 18.1 Å². The first-order chi connectivity index (χ1) is 18.5. The summed E-state index contributed by atoms with van der Waals surface area (Å²) in [6, 6.07) is 3.62. The summed E-state index contributed by atoms with van der Waals surface area (Å²) in [7, 11) is 1.43. The third kappa shape index (κ3) is 6.29. The number of ether oxygens (including phenoxy) is 2. The van der Waals surface area contributed by atoms with Crippen molar-refractivity contribution in [3.63, 3.8) is 0 Å². The minimum atomic E-state index is -0.997. The molecule has 39 heavy (non-hydrogen) atoms. The maximum absolute atomic E-state index is 13.8. The molecule has 3 heterocycles. The summed E-state index contributed by atoms with van der Waals surface area (Å²) in [5.74, 6) is 0.995. The predicted molar refractivity (Wildman–Crippen MR) is 142 cm³/mol. The van der Waals surface area contributed by atoms with Gasteiger partial charge in [-0.1, -0.05) is 0 Å². The quantitative estimate of drug-likeness (QED) is 0.457. The fourth-order valence-corrected chi connectivity index (χ4v) is 4.48. The van der Waals surface area contributed by atoms with Crippen LogP contribution in [0.5, 0.6) is 5.75 Å². The van der Waals surface area contributed by atoms with Crippen molar-refractivity contribution < 1.29 is 28.2 Å². The van der Waals surface area contributed by atoms with Crippen LogP contribution in [0.15, 0.2) is 36.0 Å². The van der Waals surface area contributed by atoms with Gasteiger partial charge in [0, 0.05) is 29.7 Å². The Morgan fingerprint density at radius 3 is 2.59 bits per heavy atom. The van der Waals surface area contributed by atoms with E-state index in [0.29, 0.717) is 10.8 Å². The van der Waals surface area contributed by atoms with Gasteiger partial charge in [-0.3, -0.25) is 24.7 Å². The summed E-state index contributed by atoms with van der Waals surface area (Å²) >= 11 is 1.11. The van der Waals surface area contributed by atoms with Crippen molar-refractivity contribution >= 4 is 46.6 Å². The second-order valence-corrected chi connectivity index (χ2v) is 10.3. The number of nitrogens with one attached hydrogen (secondary N) is 1. The van der Waals surface area contributed by atoms with E-state index in [-0.39, 0.29) is 36.0 Å². The second-order valence-electron chi connectivity index (χ2n) is 9.40. The van der Waals surface area contributed by atoms with Crippen LogP contribution in [0.1, 0.15) is 42.7 Å². The molecule has 1 atom stereocenters. The van der Waals surface area contributed by atoms with Gasteiger partial charge in [0.25, 0.3) is 11.8 Å². The normalized spacial score (nSPS) is 15.0. The molecule has 3 amide bonds. The third-order valence-electron chi connectivity index (χ3n) is 5.45. The maximum atomic E-state index is 13.8. The van der Waals surface area contributed by atoms with Crippen molar-refractivity contribution in [1.29, 1.82) is 0 Å². The Morgan fingerprint density at radius 1 is 1.26 bits per heavy atom. The standard InChI is InChI=1S/C26H25FN6O5S/c1-6-21-31-19(14-39-21)22(34)33(20-7-8-32(23(20)35)24-28-12-15(27)13-29-24)17-9-16(10-18(11-17)37-5)30-25(36)38-26(2,3)4/h1,9-14,20H,7-8H2,2-5H3,(H,30,36). The lowest BCUT2D eigenvalue weighted by Gasteiger charge is -2.28. The van der Waals surface area contributed by atoms with Crippen LogP contribution in [0.4, 0.5) is 26.5 Å². The Kier molecular flexibility index (Phi) is 7.78. The molecule has 1 saturated heterocycles. The highest BCUT2D eigenvalue weighted by Gasteiger charge is 2.42. The predicted octanol–water partition coefficient (Wildman–Crippen LogP) is 3.86. The first-order valence-electron chi connectivity index (χ1n) is 11.7. The van der Waals surface area contributed by atoms with E-state index >= 15 is 0 Å². The van der Waals surface area contributed by atoms with Crippen LogP contribution in [0.3, 0.4) is 0 Å². The van der Waals surface area contributed by atoms with Gasteiger partial charge < -0.3 is 9.47 Å². The number of methoxy groups -OCH3 is 1. The third-order valence-corrected chi connectivity index (χ3v) is 6.23. The van der Waals surface area contributed by atoms with Gasteiger partial charge in [-0.2, -0.15) is 0 Å². The summed E-state index contributed by atoms with van der Waals surface area (Å²) in [5, 5.41) is 4.44. The van der Waals surface area contributed by atoms with Crippen molar-refractivity contribution in [2.75, 3.05) is 28.8 Å². The molecule has 0 saturated carbocycles. The van der Waals surface area contributed by atoms with Crippen LogP contribution in [-0.4, -0.2) is 58.2 Å². The number of benzene rings is 1. The number of halogens is 1. The lowest BCUT2D eigenvalue weighted by molar-refractivity contribution is -0.118. The maximum Gasteiger partial charge on any atom is 0.412 e. The van der Waals surface area contributed by atoms with Crippen molar-refractivity contribution in [2.24, 2.45) is 0 Å². The number of carbonyl (C=O) groups excluding carboxylic acids is 3. The zero-order valence-corrected chi connectivity index (χ0v) is 22.4. The average molecular weight is 553 g/mol. The largest absolute Gasteiger partial charge is 0.497 e. The summed E-state index contributed by atoms with van der Waals surface area (Å²) in [6.45, 7) is 5.36. The molecule has 1 aliphatic rings. The molecule has 13 heteroatoms. The molecule has 0 aliphatic carbocycles. The summed E-state index contributed by atoms with van der Waals surface area (Å²) in [6.07, 6.45) is 6.85. The smallest absolute Gasteiger partial charge is 0.412 e. The summed E-state index contributed by atoms with van der Waals surface area (Å²) < 4.78 is 24.1. The van der Waals surface area contributed by atoms with E-state index in [9.17, 15) is 18.8 Å². The number of terminal acetylenes is 1. The molecular formula is C26H25FN6O5S. The number of hydrogen-bond donors (Lipinski definition) is 1. The molecule has 1 unspecified atom stereocenters. The van der Waals surface area contributed by atoms with Gasteiger partial charge in [0.15, 0.2) is 10.8 Å². The Morgan fingerprint density at radius 2 is 1.97 bits per heavy atom. The minimum Gasteiger partial charge on any atom is -0.497 e. The molecule has 1 fully saturated rings. The van der Waals surface area contributed by atoms with E-state index in [1.54, 1.807) is 32.9 Å². The lowest BCUT2D eigenvalue weighted by Crippen LogP contribution is -2.46. The van der Waals surface area contributed by atoms with E-state index < -0.39 is 35.4 Å². The van der Waals surface area contributed by atoms with Crippen LogP contribution >= 0.6 is 11.3 Å². The number of aromatic nitrogens is 3. The summed E-state index contributed by atoms with van der Waals surface area (Å²) in [5.41, 5.74) is -0.180. The zero-order valence-electron chi connectivity index (χ0n) is 21.6. The van der Waals surface area contributed by atoms with Gasteiger partial charge >= 0.3 is 6.09 Å².